The molecule has 0 saturated carbocycles. The standard InChI is InChI=1S/C19H18Cl2N4/c1-12(13-4-5-18-15(7-13)9-23-24-18)14-3-2-6-25(11-14)19-17(21)8-16(20)10-22-19/h4-5,7-10H,2-3,6,11H2,1H3,(H,23,24)/b14-12-. The Hall–Kier alpha value is -2.04. The molecule has 0 atom stereocenters. The molecule has 2 aromatic heterocycles. The van der Waals surface area contributed by atoms with Gasteiger partial charge in [0, 0.05) is 24.7 Å². The van der Waals surface area contributed by atoms with Crippen LogP contribution in [0.15, 0.2) is 42.2 Å². The molecule has 0 amide bonds. The van der Waals surface area contributed by atoms with Crippen molar-refractivity contribution >= 4 is 45.5 Å². The summed E-state index contributed by atoms with van der Waals surface area (Å²) in [6.45, 7) is 3.98. The van der Waals surface area contributed by atoms with E-state index in [4.69, 9.17) is 23.2 Å². The summed E-state index contributed by atoms with van der Waals surface area (Å²) in [6.07, 6.45) is 5.69. The Morgan fingerprint density at radius 3 is 2.92 bits per heavy atom. The van der Waals surface area contributed by atoms with Gasteiger partial charge in [-0.05, 0) is 54.7 Å². The zero-order chi connectivity index (χ0) is 17.4. The highest BCUT2D eigenvalue weighted by Crippen LogP contribution is 2.32. The number of hydrogen-bond acceptors (Lipinski definition) is 3. The number of fused-ring (bicyclic) bond motifs is 1. The highest BCUT2D eigenvalue weighted by atomic mass is 35.5. The predicted molar refractivity (Wildman–Crippen MR) is 104 cm³/mol. The maximum Gasteiger partial charge on any atom is 0.147 e. The first-order chi connectivity index (χ1) is 12.1. The lowest BCUT2D eigenvalue weighted by Gasteiger charge is -2.31. The summed E-state index contributed by atoms with van der Waals surface area (Å²) in [5.41, 5.74) is 5.03. The summed E-state index contributed by atoms with van der Waals surface area (Å²) in [7, 11) is 0. The fourth-order valence-corrected chi connectivity index (χ4v) is 3.88. The van der Waals surface area contributed by atoms with Gasteiger partial charge in [0.05, 0.1) is 21.8 Å². The number of aromatic nitrogens is 3. The number of hydrogen-bond donors (Lipinski definition) is 1. The molecule has 6 heteroatoms. The molecule has 0 unspecified atom stereocenters. The number of H-pyrrole nitrogens is 1. The molecule has 1 aliphatic heterocycles. The molecular formula is C19H18Cl2N4. The molecule has 3 heterocycles. The minimum absolute atomic E-state index is 0.561. The number of halogens is 2. The van der Waals surface area contributed by atoms with Gasteiger partial charge in [0.1, 0.15) is 5.82 Å². The van der Waals surface area contributed by atoms with Crippen molar-refractivity contribution in [1.82, 2.24) is 15.2 Å². The average molecular weight is 373 g/mol. The van der Waals surface area contributed by atoms with Gasteiger partial charge >= 0.3 is 0 Å². The minimum Gasteiger partial charge on any atom is -0.351 e. The quantitative estimate of drug-likeness (QED) is 0.660. The molecule has 1 aliphatic rings. The van der Waals surface area contributed by atoms with Crippen molar-refractivity contribution in [3.05, 3.63) is 57.8 Å². The Balaban J connectivity index is 1.65. The highest BCUT2D eigenvalue weighted by Gasteiger charge is 2.20. The van der Waals surface area contributed by atoms with Gasteiger partial charge in [-0.15, -0.1) is 0 Å². The predicted octanol–water partition coefficient (Wildman–Crippen LogP) is 5.34. The van der Waals surface area contributed by atoms with Gasteiger partial charge in [0.2, 0.25) is 0 Å². The van der Waals surface area contributed by atoms with E-state index in [1.165, 1.54) is 16.7 Å². The largest absolute Gasteiger partial charge is 0.351 e. The second-order valence-corrected chi connectivity index (χ2v) is 7.23. The molecule has 0 aliphatic carbocycles. The molecular weight excluding hydrogens is 355 g/mol. The van der Waals surface area contributed by atoms with Crippen LogP contribution in [0, 0.1) is 0 Å². The van der Waals surface area contributed by atoms with Gasteiger partial charge in [0.15, 0.2) is 0 Å². The zero-order valence-electron chi connectivity index (χ0n) is 13.9. The third kappa shape index (κ3) is 3.24. The van der Waals surface area contributed by atoms with Crippen LogP contribution in [0.25, 0.3) is 16.5 Å². The van der Waals surface area contributed by atoms with Crippen LogP contribution in [0.1, 0.15) is 25.3 Å². The Labute approximate surface area is 156 Å². The first-order valence-corrected chi connectivity index (χ1v) is 9.05. The van der Waals surface area contributed by atoms with Crippen LogP contribution >= 0.6 is 23.2 Å². The van der Waals surface area contributed by atoms with Crippen molar-refractivity contribution in [2.24, 2.45) is 0 Å². The number of nitrogens with zero attached hydrogens (tertiary/aromatic N) is 3. The molecule has 0 spiro atoms. The number of allylic oxidation sites excluding steroid dienone is 1. The minimum atomic E-state index is 0.561. The van der Waals surface area contributed by atoms with Crippen LogP contribution in [0.5, 0.6) is 0 Å². The number of benzene rings is 1. The lowest BCUT2D eigenvalue weighted by molar-refractivity contribution is 0.672. The number of nitrogens with one attached hydrogen (secondary N) is 1. The zero-order valence-corrected chi connectivity index (χ0v) is 15.4. The average Bonchev–Trinajstić information content (AvgIpc) is 3.09. The van der Waals surface area contributed by atoms with Crippen molar-refractivity contribution in [1.29, 1.82) is 0 Å². The Kier molecular flexibility index (Phi) is 4.40. The molecule has 1 N–H and O–H groups in total. The van der Waals surface area contributed by atoms with Gasteiger partial charge < -0.3 is 4.90 Å². The molecule has 128 valence electrons. The van der Waals surface area contributed by atoms with E-state index in [-0.39, 0.29) is 0 Å². The van der Waals surface area contributed by atoms with E-state index in [2.05, 4.69) is 45.2 Å². The van der Waals surface area contributed by atoms with E-state index in [0.717, 1.165) is 42.7 Å². The fourth-order valence-electron chi connectivity index (χ4n) is 3.38. The number of piperidine rings is 1. The normalized spacial score (nSPS) is 17.2. The van der Waals surface area contributed by atoms with Crippen LogP contribution in [0.2, 0.25) is 10.0 Å². The van der Waals surface area contributed by atoms with E-state index in [0.29, 0.717) is 10.0 Å². The molecule has 1 fully saturated rings. The van der Waals surface area contributed by atoms with Crippen molar-refractivity contribution in [2.45, 2.75) is 19.8 Å². The molecule has 1 saturated heterocycles. The Morgan fingerprint density at radius 2 is 2.08 bits per heavy atom. The number of aromatic amines is 1. The molecule has 3 aromatic rings. The second-order valence-electron chi connectivity index (χ2n) is 6.38. The molecule has 25 heavy (non-hydrogen) atoms. The van der Waals surface area contributed by atoms with Gasteiger partial charge in [-0.1, -0.05) is 29.3 Å². The SMILES string of the molecule is C/C(=C1\CCCN(c2ncc(Cl)cc2Cl)C1)c1ccc2[nH]ncc2c1. The number of pyridine rings is 1. The summed E-state index contributed by atoms with van der Waals surface area (Å²) in [5.74, 6) is 0.807. The summed E-state index contributed by atoms with van der Waals surface area (Å²) in [5, 5.41) is 9.39. The summed E-state index contributed by atoms with van der Waals surface area (Å²) in [4.78, 5) is 6.66. The third-order valence-electron chi connectivity index (χ3n) is 4.78. The summed E-state index contributed by atoms with van der Waals surface area (Å²) in [6, 6.07) is 8.17. The van der Waals surface area contributed by atoms with E-state index in [1.54, 1.807) is 12.3 Å². The van der Waals surface area contributed by atoms with E-state index in [1.807, 2.05) is 6.20 Å². The smallest absolute Gasteiger partial charge is 0.147 e. The summed E-state index contributed by atoms with van der Waals surface area (Å²) < 4.78 is 0. The first kappa shape index (κ1) is 16.4. The van der Waals surface area contributed by atoms with E-state index < -0.39 is 0 Å². The van der Waals surface area contributed by atoms with Crippen molar-refractivity contribution in [3.8, 4) is 0 Å². The van der Waals surface area contributed by atoms with E-state index >= 15 is 0 Å². The van der Waals surface area contributed by atoms with E-state index in [9.17, 15) is 0 Å². The number of rotatable bonds is 2. The van der Waals surface area contributed by atoms with Crippen molar-refractivity contribution in [2.75, 3.05) is 18.0 Å². The first-order valence-electron chi connectivity index (χ1n) is 8.30. The van der Waals surface area contributed by atoms with Crippen molar-refractivity contribution < 1.29 is 0 Å². The van der Waals surface area contributed by atoms with Crippen LogP contribution in [-0.2, 0) is 0 Å². The van der Waals surface area contributed by atoms with Crippen LogP contribution in [-0.4, -0.2) is 28.3 Å². The van der Waals surface area contributed by atoms with Gasteiger partial charge in [0.25, 0.3) is 0 Å². The van der Waals surface area contributed by atoms with Gasteiger partial charge in [-0.25, -0.2) is 4.98 Å². The Bertz CT molecular complexity index is 961. The topological polar surface area (TPSA) is 44.8 Å². The molecule has 0 radical (unpaired) electrons. The lowest BCUT2D eigenvalue weighted by atomic mass is 9.94. The second kappa shape index (κ2) is 6.70. The van der Waals surface area contributed by atoms with Crippen molar-refractivity contribution in [3.63, 3.8) is 0 Å². The maximum atomic E-state index is 6.34. The van der Waals surface area contributed by atoms with Gasteiger partial charge in [-0.2, -0.15) is 5.10 Å². The van der Waals surface area contributed by atoms with Crippen LogP contribution in [0.3, 0.4) is 0 Å². The van der Waals surface area contributed by atoms with Gasteiger partial charge in [-0.3, -0.25) is 5.10 Å². The molecule has 1 aromatic carbocycles. The summed E-state index contributed by atoms with van der Waals surface area (Å²) >= 11 is 12.3. The van der Waals surface area contributed by atoms with Crippen LogP contribution < -0.4 is 4.90 Å². The fraction of sp³-hybridized carbons (Fsp3) is 0.263. The Morgan fingerprint density at radius 1 is 1.20 bits per heavy atom. The highest BCUT2D eigenvalue weighted by molar-refractivity contribution is 6.36. The monoisotopic (exact) mass is 372 g/mol. The third-order valence-corrected chi connectivity index (χ3v) is 5.26. The number of anilines is 1. The molecule has 4 nitrogen and oxygen atoms in total. The maximum absolute atomic E-state index is 6.34. The lowest BCUT2D eigenvalue weighted by Crippen LogP contribution is -2.32. The molecule has 0 bridgehead atoms. The molecule has 4 rings (SSSR count). The van der Waals surface area contributed by atoms with Crippen LogP contribution in [0.4, 0.5) is 5.82 Å².